The molecule has 0 aliphatic rings. The first kappa shape index (κ1) is 16.0. The van der Waals surface area contributed by atoms with Gasteiger partial charge in [-0.2, -0.15) is 0 Å². The van der Waals surface area contributed by atoms with Crippen LogP contribution in [0.5, 0.6) is 0 Å². The zero-order valence-corrected chi connectivity index (χ0v) is 12.6. The predicted molar refractivity (Wildman–Crippen MR) is 82.1 cm³/mol. The normalized spacial score (nSPS) is 12.6. The third-order valence-corrected chi connectivity index (χ3v) is 3.77. The van der Waals surface area contributed by atoms with E-state index in [1.165, 1.54) is 23.3 Å². The van der Waals surface area contributed by atoms with Gasteiger partial charge in [-0.25, -0.2) is 4.98 Å². The summed E-state index contributed by atoms with van der Waals surface area (Å²) in [5, 5.41) is -0.0463. The molecule has 2 aromatic heterocycles. The lowest BCUT2D eigenvalue weighted by Gasteiger charge is -2.14. The maximum absolute atomic E-state index is 10.4. The largest absolute Gasteiger partial charge is 0.775 e. The molecule has 0 spiro atoms. The Bertz CT molecular complexity index is 694. The van der Waals surface area contributed by atoms with Crippen molar-refractivity contribution in [3.05, 3.63) is 79.4 Å². The maximum atomic E-state index is 10.4. The van der Waals surface area contributed by atoms with Crippen LogP contribution in [0, 0.1) is 0 Å². The maximum Gasteiger partial charge on any atom is 0.167 e. The third kappa shape index (κ3) is 4.90. The van der Waals surface area contributed by atoms with Crippen molar-refractivity contribution in [1.29, 1.82) is 0 Å². The fourth-order valence-corrected chi connectivity index (χ4v) is 2.29. The molecule has 3 aromatic rings. The van der Waals surface area contributed by atoms with Crippen LogP contribution in [0.1, 0.15) is 0 Å². The second kappa shape index (κ2) is 7.61. The molecule has 1 atom stereocenters. The van der Waals surface area contributed by atoms with E-state index >= 15 is 0 Å². The van der Waals surface area contributed by atoms with E-state index in [-0.39, 0.29) is 5.30 Å². The Balaban J connectivity index is 0.000000164. The molecule has 0 aliphatic heterocycles. The summed E-state index contributed by atoms with van der Waals surface area (Å²) in [6.07, 6.45) is 7.42. The number of benzene rings is 1. The van der Waals surface area contributed by atoms with Crippen molar-refractivity contribution in [2.45, 2.75) is 0 Å². The van der Waals surface area contributed by atoms with Crippen LogP contribution in [-0.4, -0.2) is 9.88 Å². The lowest BCUT2D eigenvalue weighted by Crippen LogP contribution is -2.13. The number of aromatic nitrogens is 2. The molecule has 6 heteroatoms. The van der Waals surface area contributed by atoms with Gasteiger partial charge in [0.25, 0.3) is 0 Å². The molecule has 0 aliphatic carbocycles. The van der Waals surface area contributed by atoms with E-state index < -0.39 is 7.60 Å². The Morgan fingerprint density at radius 2 is 1.45 bits per heavy atom. The van der Waals surface area contributed by atoms with Gasteiger partial charge in [0.15, 0.2) is 20.0 Å². The van der Waals surface area contributed by atoms with Crippen molar-refractivity contribution in [2.75, 3.05) is 0 Å². The fraction of sp³-hybridized carbons (Fsp3) is 0. The van der Waals surface area contributed by atoms with E-state index in [1.54, 1.807) is 30.6 Å². The lowest BCUT2D eigenvalue weighted by atomic mass is 10.1. The molecule has 22 heavy (non-hydrogen) atoms. The molecule has 5 nitrogen and oxygen atoms in total. The standard InChI is InChI=1S/C10H8N2.C6H7O3P/c1-5-11-6-2-9(1)10-3-7-12-8-4-10;7-10(8,9)6-4-2-1-3-5-6/h1-8H;1-5H,(H2,7,8,9). The Morgan fingerprint density at radius 1 is 0.909 bits per heavy atom. The highest BCUT2D eigenvalue weighted by Gasteiger charge is 2.02. The summed E-state index contributed by atoms with van der Waals surface area (Å²) >= 11 is 0. The van der Waals surface area contributed by atoms with E-state index in [1.807, 2.05) is 36.7 Å². The number of aromatic amines is 1. The number of nitrogens with one attached hydrogen (secondary N) is 1. The minimum Gasteiger partial charge on any atom is -0.775 e. The van der Waals surface area contributed by atoms with E-state index in [4.69, 9.17) is 4.89 Å². The molecule has 0 fully saturated rings. The number of rotatable bonds is 2. The molecule has 0 saturated heterocycles. The topological polar surface area (TPSA) is 87.4 Å². The summed E-state index contributed by atoms with van der Waals surface area (Å²) in [7, 11) is -4.27. The van der Waals surface area contributed by atoms with Crippen molar-refractivity contribution in [3.8, 4) is 11.1 Å². The van der Waals surface area contributed by atoms with Crippen LogP contribution in [-0.2, 0) is 4.57 Å². The Labute approximate surface area is 128 Å². The van der Waals surface area contributed by atoms with Gasteiger partial charge in [-0.05, 0) is 23.3 Å². The van der Waals surface area contributed by atoms with Gasteiger partial charge in [-0.15, -0.1) is 0 Å². The van der Waals surface area contributed by atoms with Gasteiger partial charge in [0, 0.05) is 29.8 Å². The molecule has 1 unspecified atom stereocenters. The molecule has 0 radical (unpaired) electrons. The minimum atomic E-state index is -4.27. The summed E-state index contributed by atoms with van der Waals surface area (Å²) in [6.45, 7) is 0. The van der Waals surface area contributed by atoms with Gasteiger partial charge in [0.2, 0.25) is 0 Å². The molecule has 2 heterocycles. The number of hydrogen-bond acceptors (Lipinski definition) is 3. The molecule has 3 rings (SSSR count). The van der Waals surface area contributed by atoms with Gasteiger partial charge >= 0.3 is 0 Å². The SMILES string of the molecule is O=P([O-])(O)c1ccccc1.c1cc(-c2cc[nH+]cc2)ccn1. The zero-order chi connectivity index (χ0) is 15.8. The second-order valence-corrected chi connectivity index (χ2v) is 5.94. The average molecular weight is 314 g/mol. The van der Waals surface area contributed by atoms with Crippen LogP contribution in [0.2, 0.25) is 0 Å². The van der Waals surface area contributed by atoms with Crippen LogP contribution in [0.3, 0.4) is 0 Å². The van der Waals surface area contributed by atoms with Crippen molar-refractivity contribution in [2.24, 2.45) is 0 Å². The van der Waals surface area contributed by atoms with Crippen molar-refractivity contribution < 1.29 is 19.3 Å². The predicted octanol–water partition coefficient (Wildman–Crippen LogP) is 1.42. The summed E-state index contributed by atoms with van der Waals surface area (Å²) in [4.78, 5) is 25.9. The Kier molecular flexibility index (Phi) is 5.55. The van der Waals surface area contributed by atoms with Gasteiger partial charge in [0.1, 0.15) is 0 Å². The van der Waals surface area contributed by atoms with Crippen LogP contribution in [0.4, 0.5) is 0 Å². The van der Waals surface area contributed by atoms with Crippen LogP contribution >= 0.6 is 7.60 Å². The zero-order valence-electron chi connectivity index (χ0n) is 11.7. The molecule has 0 bridgehead atoms. The summed E-state index contributed by atoms with van der Waals surface area (Å²) in [6, 6.07) is 15.5. The summed E-state index contributed by atoms with van der Waals surface area (Å²) in [5.41, 5.74) is 2.40. The first-order valence-corrected chi connectivity index (χ1v) is 8.11. The lowest BCUT2D eigenvalue weighted by molar-refractivity contribution is -0.377. The van der Waals surface area contributed by atoms with Gasteiger partial charge in [-0.1, -0.05) is 30.3 Å². The van der Waals surface area contributed by atoms with Crippen molar-refractivity contribution >= 4 is 12.9 Å². The fourth-order valence-electron chi connectivity index (χ4n) is 1.74. The summed E-state index contributed by atoms with van der Waals surface area (Å²) in [5.74, 6) is 0. The number of hydrogen-bond donors (Lipinski definition) is 1. The molecule has 0 saturated carbocycles. The van der Waals surface area contributed by atoms with Gasteiger partial charge in [-0.3, -0.25) is 4.98 Å². The molecule has 112 valence electrons. The smallest absolute Gasteiger partial charge is 0.167 e. The first-order valence-electron chi connectivity index (χ1n) is 6.53. The highest BCUT2D eigenvalue weighted by molar-refractivity contribution is 7.58. The quantitative estimate of drug-likeness (QED) is 0.725. The minimum absolute atomic E-state index is 0.0463. The molecule has 0 amide bonds. The first-order chi connectivity index (χ1) is 10.6. The van der Waals surface area contributed by atoms with Crippen molar-refractivity contribution in [1.82, 2.24) is 4.98 Å². The number of pyridine rings is 2. The monoisotopic (exact) mass is 314 g/mol. The van der Waals surface area contributed by atoms with E-state index in [2.05, 4.69) is 9.97 Å². The molecular formula is C16H15N2O3P. The second-order valence-electron chi connectivity index (χ2n) is 4.38. The van der Waals surface area contributed by atoms with Crippen molar-refractivity contribution in [3.63, 3.8) is 0 Å². The average Bonchev–Trinajstić information content (AvgIpc) is 2.57. The summed E-state index contributed by atoms with van der Waals surface area (Å²) < 4.78 is 10.4. The van der Waals surface area contributed by atoms with E-state index in [0.717, 1.165) is 0 Å². The van der Waals surface area contributed by atoms with Crippen LogP contribution in [0.15, 0.2) is 79.4 Å². The Morgan fingerprint density at radius 3 is 1.95 bits per heavy atom. The van der Waals surface area contributed by atoms with Crippen LogP contribution < -0.4 is 15.2 Å². The Hall–Kier alpha value is -2.33. The number of H-pyrrole nitrogens is 1. The van der Waals surface area contributed by atoms with Gasteiger partial charge < -0.3 is 14.4 Å². The highest BCUT2D eigenvalue weighted by Crippen LogP contribution is 2.26. The molecule has 2 N–H and O–H groups in total. The highest BCUT2D eigenvalue weighted by atomic mass is 31.2. The van der Waals surface area contributed by atoms with Crippen LogP contribution in [0.25, 0.3) is 11.1 Å². The molecule has 1 aromatic carbocycles. The van der Waals surface area contributed by atoms with Gasteiger partial charge in [0.05, 0.1) is 0 Å². The number of nitrogens with zero attached hydrogens (tertiary/aromatic N) is 1. The van der Waals surface area contributed by atoms with E-state index in [9.17, 15) is 9.46 Å². The van der Waals surface area contributed by atoms with E-state index in [0.29, 0.717) is 0 Å². The third-order valence-electron chi connectivity index (χ3n) is 2.81. The molecular weight excluding hydrogens is 299 g/mol.